The molecule has 0 radical (unpaired) electrons. The number of aryl methyl sites for hydroxylation is 1. The van der Waals surface area contributed by atoms with Crippen molar-refractivity contribution < 1.29 is 18.0 Å². The summed E-state index contributed by atoms with van der Waals surface area (Å²) in [6.45, 7) is 0.239. The highest BCUT2D eigenvalue weighted by Gasteiger charge is 2.37. The van der Waals surface area contributed by atoms with Crippen LogP contribution in [0.1, 0.15) is 12.2 Å². The second-order valence-corrected chi connectivity index (χ2v) is 6.78. The first-order chi connectivity index (χ1) is 13.4. The summed E-state index contributed by atoms with van der Waals surface area (Å²) in [6, 6.07) is 9.97. The van der Waals surface area contributed by atoms with Gasteiger partial charge in [-0.15, -0.1) is 11.8 Å². The normalized spacial score (nSPS) is 11.6. The molecule has 2 aromatic heterocycles. The van der Waals surface area contributed by atoms with Crippen molar-refractivity contribution in [1.29, 1.82) is 0 Å². The Morgan fingerprint density at radius 3 is 2.82 bits per heavy atom. The molecular weight excluding hydrogens is 391 g/mol. The van der Waals surface area contributed by atoms with Crippen LogP contribution < -0.4 is 10.6 Å². The fourth-order valence-corrected chi connectivity index (χ4v) is 3.16. The van der Waals surface area contributed by atoms with E-state index >= 15 is 0 Å². The number of hydrogen-bond donors (Lipinski definition) is 2. The Bertz CT molecular complexity index is 973. The van der Waals surface area contributed by atoms with Gasteiger partial charge in [-0.25, -0.2) is 14.8 Å². The Morgan fingerprint density at radius 2 is 2.07 bits per heavy atom. The molecule has 3 rings (SSSR count). The average Bonchev–Trinajstić information content (AvgIpc) is 3.04. The number of pyridine rings is 1. The number of alkyl halides is 3. The number of aromatic nitrogens is 3. The van der Waals surface area contributed by atoms with E-state index in [0.717, 1.165) is 9.46 Å². The van der Waals surface area contributed by atoms with Crippen molar-refractivity contribution in [3.63, 3.8) is 0 Å². The van der Waals surface area contributed by atoms with Gasteiger partial charge in [-0.05, 0) is 43.0 Å². The number of benzene rings is 1. The molecule has 1 aromatic carbocycles. The summed E-state index contributed by atoms with van der Waals surface area (Å²) in [5.74, 6) is -0.987. The summed E-state index contributed by atoms with van der Waals surface area (Å²) in [5.41, 5.74) is 1.01. The maximum atomic E-state index is 13.2. The van der Waals surface area contributed by atoms with Crippen LogP contribution in [0.5, 0.6) is 0 Å². The molecular formula is C18H18F3N5OS. The number of halogens is 3. The highest BCUT2D eigenvalue weighted by molar-refractivity contribution is 7.98. The van der Waals surface area contributed by atoms with Crippen molar-refractivity contribution in [1.82, 2.24) is 19.9 Å². The average molecular weight is 409 g/mol. The molecule has 2 N–H and O–H groups in total. The zero-order valence-electron chi connectivity index (χ0n) is 15.0. The van der Waals surface area contributed by atoms with Gasteiger partial charge >= 0.3 is 12.2 Å². The van der Waals surface area contributed by atoms with Gasteiger partial charge in [-0.1, -0.05) is 6.07 Å². The third kappa shape index (κ3) is 4.75. The lowest BCUT2D eigenvalue weighted by molar-refractivity contribution is -0.147. The number of thioether (sulfide) groups is 1. The summed E-state index contributed by atoms with van der Waals surface area (Å²) in [5, 5.41) is 5.35. The number of carbonyl (C=O) groups is 1. The van der Waals surface area contributed by atoms with Crippen LogP contribution in [0.3, 0.4) is 0 Å². The Labute approximate surface area is 163 Å². The summed E-state index contributed by atoms with van der Waals surface area (Å²) < 4.78 is 40.7. The summed E-state index contributed by atoms with van der Waals surface area (Å²) in [7, 11) is 0. The van der Waals surface area contributed by atoms with E-state index in [1.807, 2.05) is 24.5 Å². The molecule has 0 spiro atoms. The van der Waals surface area contributed by atoms with Crippen LogP contribution in [0.15, 0.2) is 47.5 Å². The molecule has 0 saturated heterocycles. The molecule has 0 aliphatic carbocycles. The van der Waals surface area contributed by atoms with Crippen LogP contribution >= 0.6 is 11.8 Å². The second-order valence-electron chi connectivity index (χ2n) is 5.90. The number of anilines is 1. The Hall–Kier alpha value is -2.75. The number of hydrogen-bond acceptors (Lipinski definition) is 4. The third-order valence-electron chi connectivity index (χ3n) is 3.93. The van der Waals surface area contributed by atoms with E-state index in [4.69, 9.17) is 0 Å². The Balaban J connectivity index is 1.58. The Morgan fingerprint density at radius 1 is 1.25 bits per heavy atom. The van der Waals surface area contributed by atoms with E-state index in [-0.39, 0.29) is 24.3 Å². The van der Waals surface area contributed by atoms with Crippen molar-refractivity contribution in [2.24, 2.45) is 0 Å². The standard InChI is InChI=1S/C18H18F3N5OS/c1-28-13-6-2-5-12(11-13)24-17(27)23-9-4-10-26-15-14(7-3-8-22-15)25-16(26)18(19,20)21/h2-3,5-8,11H,4,9-10H2,1H3,(H2,23,24,27). The van der Waals surface area contributed by atoms with Crippen LogP contribution in [-0.2, 0) is 12.7 Å². The van der Waals surface area contributed by atoms with Gasteiger partial charge in [0.15, 0.2) is 5.65 Å². The van der Waals surface area contributed by atoms with Gasteiger partial charge in [0.1, 0.15) is 5.52 Å². The topological polar surface area (TPSA) is 71.8 Å². The first-order valence-corrected chi connectivity index (χ1v) is 9.68. The quantitative estimate of drug-likeness (QED) is 0.468. The SMILES string of the molecule is CSc1cccc(NC(=O)NCCCn2c(C(F)(F)F)nc3cccnc32)c1. The maximum absolute atomic E-state index is 13.2. The number of fused-ring (bicyclic) bond motifs is 1. The van der Waals surface area contributed by atoms with Crippen molar-refractivity contribution in [2.45, 2.75) is 24.0 Å². The van der Waals surface area contributed by atoms with Crippen LogP contribution in [0.25, 0.3) is 11.2 Å². The van der Waals surface area contributed by atoms with E-state index in [9.17, 15) is 18.0 Å². The highest BCUT2D eigenvalue weighted by atomic mass is 32.2. The lowest BCUT2D eigenvalue weighted by Crippen LogP contribution is -2.30. The van der Waals surface area contributed by atoms with Crippen LogP contribution in [0.4, 0.5) is 23.7 Å². The monoisotopic (exact) mass is 409 g/mol. The summed E-state index contributed by atoms with van der Waals surface area (Å²) >= 11 is 1.56. The Kier molecular flexibility index (Phi) is 6.08. The molecule has 0 bridgehead atoms. The minimum atomic E-state index is -4.58. The van der Waals surface area contributed by atoms with Gasteiger partial charge in [0.2, 0.25) is 5.82 Å². The fourth-order valence-electron chi connectivity index (χ4n) is 2.70. The number of rotatable bonds is 6. The lowest BCUT2D eigenvalue weighted by atomic mass is 10.3. The molecule has 0 saturated carbocycles. The minimum Gasteiger partial charge on any atom is -0.338 e. The number of amides is 2. The van der Waals surface area contributed by atoms with E-state index < -0.39 is 18.0 Å². The zero-order valence-corrected chi connectivity index (χ0v) is 15.8. The molecule has 0 fully saturated rings. The van der Waals surface area contributed by atoms with Gasteiger partial charge < -0.3 is 15.2 Å². The van der Waals surface area contributed by atoms with Gasteiger partial charge in [0, 0.05) is 29.9 Å². The number of urea groups is 1. The van der Waals surface area contributed by atoms with Gasteiger partial charge in [-0.2, -0.15) is 13.2 Å². The smallest absolute Gasteiger partial charge is 0.338 e. The third-order valence-corrected chi connectivity index (χ3v) is 4.65. The highest BCUT2D eigenvalue weighted by Crippen LogP contribution is 2.30. The number of nitrogens with zero attached hydrogens (tertiary/aromatic N) is 3. The lowest BCUT2D eigenvalue weighted by Gasteiger charge is -2.12. The van der Waals surface area contributed by atoms with Crippen LogP contribution in [0.2, 0.25) is 0 Å². The first kappa shape index (κ1) is 20.0. The molecule has 0 aliphatic rings. The largest absolute Gasteiger partial charge is 0.449 e. The van der Waals surface area contributed by atoms with Crippen molar-refractivity contribution in [2.75, 3.05) is 18.1 Å². The molecule has 0 atom stereocenters. The second kappa shape index (κ2) is 8.51. The molecule has 2 amide bonds. The molecule has 28 heavy (non-hydrogen) atoms. The van der Waals surface area contributed by atoms with Crippen molar-refractivity contribution >= 4 is 34.6 Å². The minimum absolute atomic E-state index is 0.0323. The number of carbonyl (C=O) groups excluding carboxylic acids is 1. The van der Waals surface area contributed by atoms with Gasteiger partial charge in [0.05, 0.1) is 0 Å². The van der Waals surface area contributed by atoms with Gasteiger partial charge in [0.25, 0.3) is 0 Å². The maximum Gasteiger partial charge on any atom is 0.449 e. The van der Waals surface area contributed by atoms with E-state index in [2.05, 4.69) is 20.6 Å². The molecule has 0 unspecified atom stereocenters. The molecule has 148 valence electrons. The molecule has 0 aliphatic heterocycles. The predicted molar refractivity (Wildman–Crippen MR) is 102 cm³/mol. The van der Waals surface area contributed by atoms with Crippen molar-refractivity contribution in [3.8, 4) is 0 Å². The molecule has 2 heterocycles. The van der Waals surface area contributed by atoms with Crippen molar-refractivity contribution in [3.05, 3.63) is 48.4 Å². The fraction of sp³-hybridized carbons (Fsp3) is 0.278. The predicted octanol–water partition coefficient (Wildman–Crippen LogP) is 4.38. The van der Waals surface area contributed by atoms with Gasteiger partial charge in [-0.3, -0.25) is 0 Å². The van der Waals surface area contributed by atoms with Crippen LogP contribution in [0, 0.1) is 0 Å². The number of nitrogens with one attached hydrogen (secondary N) is 2. The zero-order chi connectivity index (χ0) is 20.1. The molecule has 6 nitrogen and oxygen atoms in total. The van der Waals surface area contributed by atoms with E-state index in [1.54, 1.807) is 17.8 Å². The molecule has 3 aromatic rings. The van der Waals surface area contributed by atoms with E-state index in [0.29, 0.717) is 12.1 Å². The summed E-state index contributed by atoms with van der Waals surface area (Å²) in [6.07, 6.45) is -0.921. The molecule has 10 heteroatoms. The first-order valence-electron chi connectivity index (χ1n) is 8.46. The van der Waals surface area contributed by atoms with Crippen LogP contribution in [-0.4, -0.2) is 33.4 Å². The number of imidazole rings is 1. The summed E-state index contributed by atoms with van der Waals surface area (Å²) in [4.78, 5) is 20.6. The van der Waals surface area contributed by atoms with E-state index in [1.165, 1.54) is 18.3 Å².